The molecule has 1 heteroatoms. The van der Waals surface area contributed by atoms with E-state index in [1.807, 2.05) is 0 Å². The van der Waals surface area contributed by atoms with E-state index in [1.54, 1.807) is 0 Å². The maximum atomic E-state index is 5.71. The van der Waals surface area contributed by atoms with Crippen LogP contribution >= 0.6 is 0 Å². The van der Waals surface area contributed by atoms with Crippen molar-refractivity contribution in [2.75, 3.05) is 6.54 Å². The summed E-state index contributed by atoms with van der Waals surface area (Å²) in [5.41, 5.74) is 6.64. The van der Waals surface area contributed by atoms with E-state index in [0.29, 0.717) is 10.8 Å². The normalized spacial score (nSPS) is 13.5. The zero-order valence-electron chi connectivity index (χ0n) is 12.4. The largest absolute Gasteiger partial charge is 0.330 e. The highest BCUT2D eigenvalue weighted by Gasteiger charge is 2.17. The molecular weight excluding hydrogens is 194 g/mol. The summed E-state index contributed by atoms with van der Waals surface area (Å²) in [6.07, 6.45) is 6.53. The summed E-state index contributed by atoms with van der Waals surface area (Å²) in [5.74, 6) is 0.837. The Hall–Kier alpha value is -0.0400. The van der Waals surface area contributed by atoms with Gasteiger partial charge in [0.15, 0.2) is 0 Å². The van der Waals surface area contributed by atoms with Gasteiger partial charge in [-0.05, 0) is 55.4 Å². The molecule has 0 rings (SSSR count). The molecule has 0 aliphatic carbocycles. The Morgan fingerprint density at radius 3 is 1.38 bits per heavy atom. The third-order valence-corrected chi connectivity index (χ3v) is 3.18. The second kappa shape index (κ2) is 6.64. The van der Waals surface area contributed by atoms with Gasteiger partial charge < -0.3 is 5.73 Å². The van der Waals surface area contributed by atoms with Crippen LogP contribution in [-0.2, 0) is 0 Å². The van der Waals surface area contributed by atoms with Crippen LogP contribution < -0.4 is 5.73 Å². The molecule has 0 heterocycles. The van der Waals surface area contributed by atoms with Gasteiger partial charge in [0.25, 0.3) is 0 Å². The number of nitrogens with two attached hydrogens (primary N) is 1. The van der Waals surface area contributed by atoms with E-state index in [9.17, 15) is 0 Å². The average molecular weight is 227 g/mol. The Bertz CT molecular complexity index is 153. The lowest BCUT2D eigenvalue weighted by Gasteiger charge is -2.26. The zero-order chi connectivity index (χ0) is 12.8. The Morgan fingerprint density at radius 1 is 0.750 bits per heavy atom. The zero-order valence-corrected chi connectivity index (χ0v) is 12.4. The quantitative estimate of drug-likeness (QED) is 0.705. The van der Waals surface area contributed by atoms with Gasteiger partial charge in [-0.2, -0.15) is 0 Å². The fourth-order valence-corrected chi connectivity index (χ4v) is 1.94. The van der Waals surface area contributed by atoms with Gasteiger partial charge in [0.1, 0.15) is 0 Å². The van der Waals surface area contributed by atoms with E-state index in [2.05, 4.69) is 41.5 Å². The molecule has 2 N–H and O–H groups in total. The average Bonchev–Trinajstić information content (AvgIpc) is 2.07. The summed E-state index contributed by atoms with van der Waals surface area (Å²) >= 11 is 0. The minimum atomic E-state index is 0.467. The van der Waals surface area contributed by atoms with E-state index >= 15 is 0 Å². The van der Waals surface area contributed by atoms with Gasteiger partial charge in [-0.15, -0.1) is 0 Å². The molecule has 0 spiro atoms. The third-order valence-electron chi connectivity index (χ3n) is 3.18. The molecule has 0 atom stereocenters. The van der Waals surface area contributed by atoms with Crippen LogP contribution in [0.3, 0.4) is 0 Å². The van der Waals surface area contributed by atoms with Crippen molar-refractivity contribution in [2.45, 2.75) is 73.6 Å². The van der Waals surface area contributed by atoms with Crippen molar-refractivity contribution in [3.05, 3.63) is 0 Å². The molecular formula is C15H33N. The second-order valence-electron chi connectivity index (χ2n) is 7.64. The van der Waals surface area contributed by atoms with E-state index in [-0.39, 0.29) is 0 Å². The summed E-state index contributed by atoms with van der Waals surface area (Å²) < 4.78 is 0. The van der Waals surface area contributed by atoms with Gasteiger partial charge >= 0.3 is 0 Å². The molecule has 0 fully saturated rings. The predicted octanol–water partition coefficient (Wildman–Crippen LogP) is 4.60. The molecule has 0 aliphatic heterocycles. The van der Waals surface area contributed by atoms with Crippen molar-refractivity contribution in [3.63, 3.8) is 0 Å². The van der Waals surface area contributed by atoms with E-state index in [0.717, 1.165) is 12.5 Å². The Kier molecular flexibility index (Phi) is 6.62. The summed E-state index contributed by atoms with van der Waals surface area (Å²) in [5, 5.41) is 0. The fourth-order valence-electron chi connectivity index (χ4n) is 1.94. The van der Waals surface area contributed by atoms with Crippen LogP contribution in [0, 0.1) is 16.7 Å². The van der Waals surface area contributed by atoms with Gasteiger partial charge in [-0.3, -0.25) is 0 Å². The molecule has 98 valence electrons. The molecule has 0 aromatic rings. The summed E-state index contributed by atoms with van der Waals surface area (Å²) in [6, 6.07) is 0. The minimum Gasteiger partial charge on any atom is -0.330 e. The van der Waals surface area contributed by atoms with Gasteiger partial charge in [-0.1, -0.05) is 41.5 Å². The molecule has 0 radical (unpaired) electrons. The third kappa shape index (κ3) is 10.5. The standard InChI is InChI=1S/C15H33N/c1-14(2,3)10-7-13(9-12-16)8-11-15(4,5)6/h13H,7-12,16H2,1-6H3. The minimum absolute atomic E-state index is 0.467. The molecule has 0 saturated carbocycles. The molecule has 0 saturated heterocycles. The molecule has 0 unspecified atom stereocenters. The molecule has 0 aromatic heterocycles. The van der Waals surface area contributed by atoms with Gasteiger partial charge in [0, 0.05) is 0 Å². The first kappa shape index (κ1) is 16.0. The van der Waals surface area contributed by atoms with Crippen LogP contribution in [0.2, 0.25) is 0 Å². The molecule has 16 heavy (non-hydrogen) atoms. The first-order valence-electron chi connectivity index (χ1n) is 6.84. The highest BCUT2D eigenvalue weighted by molar-refractivity contribution is 4.70. The maximum Gasteiger partial charge on any atom is -0.00746 e. The van der Waals surface area contributed by atoms with Gasteiger partial charge in [0.05, 0.1) is 0 Å². The van der Waals surface area contributed by atoms with Crippen LogP contribution in [0.25, 0.3) is 0 Å². The Balaban J connectivity index is 3.98. The molecule has 0 aliphatic rings. The Morgan fingerprint density at radius 2 is 1.12 bits per heavy atom. The highest BCUT2D eigenvalue weighted by atomic mass is 14.5. The van der Waals surface area contributed by atoms with Gasteiger partial charge in [0.2, 0.25) is 0 Å². The Labute approximate surface area is 103 Å². The highest BCUT2D eigenvalue weighted by Crippen LogP contribution is 2.30. The maximum absolute atomic E-state index is 5.71. The molecule has 1 nitrogen and oxygen atoms in total. The van der Waals surface area contributed by atoms with Crippen LogP contribution in [0.4, 0.5) is 0 Å². The van der Waals surface area contributed by atoms with Crippen molar-refractivity contribution in [1.82, 2.24) is 0 Å². The number of hydrogen-bond donors (Lipinski definition) is 1. The summed E-state index contributed by atoms with van der Waals surface area (Å²) in [7, 11) is 0. The summed E-state index contributed by atoms with van der Waals surface area (Å²) in [4.78, 5) is 0. The van der Waals surface area contributed by atoms with Crippen molar-refractivity contribution in [2.24, 2.45) is 22.5 Å². The van der Waals surface area contributed by atoms with E-state index < -0.39 is 0 Å². The first-order valence-corrected chi connectivity index (χ1v) is 6.84. The van der Waals surface area contributed by atoms with Crippen LogP contribution in [0.1, 0.15) is 73.6 Å². The fraction of sp³-hybridized carbons (Fsp3) is 1.00. The van der Waals surface area contributed by atoms with Crippen molar-refractivity contribution >= 4 is 0 Å². The van der Waals surface area contributed by atoms with Crippen molar-refractivity contribution in [1.29, 1.82) is 0 Å². The SMILES string of the molecule is CC(C)(C)CCC(CCN)CCC(C)(C)C. The lowest BCUT2D eigenvalue weighted by molar-refractivity contribution is 0.268. The van der Waals surface area contributed by atoms with Crippen LogP contribution in [-0.4, -0.2) is 6.54 Å². The van der Waals surface area contributed by atoms with Crippen LogP contribution in [0.5, 0.6) is 0 Å². The lowest BCUT2D eigenvalue weighted by Crippen LogP contribution is -2.15. The monoisotopic (exact) mass is 227 g/mol. The summed E-state index contributed by atoms with van der Waals surface area (Å²) in [6.45, 7) is 14.8. The second-order valence-corrected chi connectivity index (χ2v) is 7.64. The first-order chi connectivity index (χ1) is 7.14. The molecule has 0 aromatic carbocycles. The van der Waals surface area contributed by atoms with Crippen LogP contribution in [0.15, 0.2) is 0 Å². The topological polar surface area (TPSA) is 26.0 Å². The predicted molar refractivity (Wildman–Crippen MR) is 74.5 cm³/mol. The van der Waals surface area contributed by atoms with Crippen molar-refractivity contribution < 1.29 is 0 Å². The number of rotatable bonds is 6. The van der Waals surface area contributed by atoms with Gasteiger partial charge in [-0.25, -0.2) is 0 Å². The number of hydrogen-bond acceptors (Lipinski definition) is 1. The van der Waals surface area contributed by atoms with E-state index in [4.69, 9.17) is 5.73 Å². The molecule has 0 bridgehead atoms. The van der Waals surface area contributed by atoms with E-state index in [1.165, 1.54) is 32.1 Å². The van der Waals surface area contributed by atoms with Crippen molar-refractivity contribution in [3.8, 4) is 0 Å². The smallest absolute Gasteiger partial charge is 0.00746 e. The lowest BCUT2D eigenvalue weighted by atomic mass is 9.81. The molecule has 0 amide bonds.